The van der Waals surface area contributed by atoms with Crippen molar-refractivity contribution in [1.82, 2.24) is 4.98 Å². The number of ether oxygens (including phenoxy) is 1. The highest BCUT2D eigenvalue weighted by molar-refractivity contribution is 5.86. The molecule has 0 bridgehead atoms. The number of aryl methyl sites for hydroxylation is 3. The standard InChI is InChI=1S/C25H26N2O/c1-16-13-17(2)15-19(14-16)27-25(21-10-6-8-12-23(21)28-4)24-18(3)26-22-11-7-5-9-20(22)24/h5-15,25-27H,1-4H3/t25-/m1/s1. The Morgan fingerprint density at radius 2 is 1.54 bits per heavy atom. The summed E-state index contributed by atoms with van der Waals surface area (Å²) in [4.78, 5) is 3.54. The van der Waals surface area contributed by atoms with Gasteiger partial charge >= 0.3 is 0 Å². The van der Waals surface area contributed by atoms with Crippen LogP contribution < -0.4 is 10.1 Å². The molecule has 1 aromatic heterocycles. The van der Waals surface area contributed by atoms with Gasteiger partial charge in [-0.25, -0.2) is 0 Å². The fourth-order valence-corrected chi connectivity index (χ4v) is 4.11. The molecule has 0 amide bonds. The van der Waals surface area contributed by atoms with Gasteiger partial charge in [-0.1, -0.05) is 42.5 Å². The van der Waals surface area contributed by atoms with Gasteiger partial charge in [-0.05, 0) is 56.2 Å². The van der Waals surface area contributed by atoms with E-state index in [9.17, 15) is 0 Å². The van der Waals surface area contributed by atoms with E-state index >= 15 is 0 Å². The number of methoxy groups -OCH3 is 1. The highest BCUT2D eigenvalue weighted by Gasteiger charge is 2.23. The number of anilines is 1. The van der Waals surface area contributed by atoms with Gasteiger partial charge in [0.25, 0.3) is 0 Å². The van der Waals surface area contributed by atoms with Crippen LogP contribution in [0, 0.1) is 20.8 Å². The number of fused-ring (bicyclic) bond motifs is 1. The monoisotopic (exact) mass is 370 g/mol. The van der Waals surface area contributed by atoms with Gasteiger partial charge < -0.3 is 15.0 Å². The summed E-state index contributed by atoms with van der Waals surface area (Å²) in [5.74, 6) is 0.883. The van der Waals surface area contributed by atoms with Crippen LogP contribution in [0.2, 0.25) is 0 Å². The van der Waals surface area contributed by atoms with E-state index in [-0.39, 0.29) is 6.04 Å². The van der Waals surface area contributed by atoms with Crippen molar-refractivity contribution >= 4 is 16.6 Å². The number of hydrogen-bond acceptors (Lipinski definition) is 2. The first kappa shape index (κ1) is 18.2. The van der Waals surface area contributed by atoms with Crippen LogP contribution >= 0.6 is 0 Å². The number of hydrogen-bond donors (Lipinski definition) is 2. The Hall–Kier alpha value is -3.20. The number of aromatic amines is 1. The zero-order valence-corrected chi connectivity index (χ0v) is 16.8. The van der Waals surface area contributed by atoms with Gasteiger partial charge in [0.2, 0.25) is 0 Å². The molecule has 3 nitrogen and oxygen atoms in total. The van der Waals surface area contributed by atoms with Gasteiger partial charge in [-0.3, -0.25) is 0 Å². The van der Waals surface area contributed by atoms with Crippen LogP contribution in [0.15, 0.2) is 66.7 Å². The molecule has 0 saturated carbocycles. The van der Waals surface area contributed by atoms with Crippen molar-refractivity contribution in [3.05, 3.63) is 94.7 Å². The summed E-state index contributed by atoms with van der Waals surface area (Å²) >= 11 is 0. The van der Waals surface area contributed by atoms with E-state index in [0.29, 0.717) is 0 Å². The maximum Gasteiger partial charge on any atom is 0.124 e. The van der Waals surface area contributed by atoms with Crippen molar-refractivity contribution in [2.75, 3.05) is 12.4 Å². The third kappa shape index (κ3) is 3.36. The number of rotatable bonds is 5. The van der Waals surface area contributed by atoms with Gasteiger partial charge in [-0.15, -0.1) is 0 Å². The number of aromatic nitrogens is 1. The smallest absolute Gasteiger partial charge is 0.124 e. The number of H-pyrrole nitrogens is 1. The normalized spacial score (nSPS) is 12.1. The molecule has 0 spiro atoms. The molecule has 0 radical (unpaired) electrons. The topological polar surface area (TPSA) is 37.0 Å². The van der Waals surface area contributed by atoms with E-state index in [1.165, 1.54) is 22.1 Å². The Kier molecular flexibility index (Phi) is 4.82. The summed E-state index contributed by atoms with van der Waals surface area (Å²) in [6, 6.07) is 23.3. The Balaban J connectivity index is 1.92. The third-order valence-corrected chi connectivity index (χ3v) is 5.21. The first-order chi connectivity index (χ1) is 13.6. The summed E-state index contributed by atoms with van der Waals surface area (Å²) < 4.78 is 5.71. The second kappa shape index (κ2) is 7.43. The summed E-state index contributed by atoms with van der Waals surface area (Å²) in [6.45, 7) is 6.40. The molecule has 0 aliphatic heterocycles. The lowest BCUT2D eigenvalue weighted by molar-refractivity contribution is 0.408. The molecule has 0 fully saturated rings. The summed E-state index contributed by atoms with van der Waals surface area (Å²) in [5, 5.41) is 5.02. The zero-order chi connectivity index (χ0) is 19.7. The second-order valence-electron chi connectivity index (χ2n) is 7.40. The van der Waals surface area contributed by atoms with E-state index in [0.717, 1.165) is 28.2 Å². The van der Waals surface area contributed by atoms with Crippen LogP contribution in [0.3, 0.4) is 0 Å². The van der Waals surface area contributed by atoms with Gasteiger partial charge in [0.05, 0.1) is 13.2 Å². The molecule has 0 unspecified atom stereocenters. The molecule has 0 aliphatic carbocycles. The molecule has 0 saturated heterocycles. The number of benzene rings is 3. The summed E-state index contributed by atoms with van der Waals surface area (Å²) in [6.07, 6.45) is 0. The highest BCUT2D eigenvalue weighted by Crippen LogP contribution is 2.38. The van der Waals surface area contributed by atoms with Crippen LogP contribution in [0.5, 0.6) is 5.75 Å². The van der Waals surface area contributed by atoms with Crippen molar-refractivity contribution in [1.29, 1.82) is 0 Å². The fourth-order valence-electron chi connectivity index (χ4n) is 4.11. The lowest BCUT2D eigenvalue weighted by Crippen LogP contribution is -2.14. The van der Waals surface area contributed by atoms with Crippen molar-refractivity contribution in [3.8, 4) is 5.75 Å². The lowest BCUT2D eigenvalue weighted by atomic mass is 9.94. The Morgan fingerprint density at radius 1 is 0.857 bits per heavy atom. The van der Waals surface area contributed by atoms with E-state index < -0.39 is 0 Å². The largest absolute Gasteiger partial charge is 0.496 e. The van der Waals surface area contributed by atoms with Crippen LogP contribution in [-0.4, -0.2) is 12.1 Å². The maximum atomic E-state index is 5.71. The number of nitrogens with one attached hydrogen (secondary N) is 2. The van der Waals surface area contributed by atoms with Gasteiger partial charge in [0.1, 0.15) is 5.75 Å². The van der Waals surface area contributed by atoms with Crippen molar-refractivity contribution in [2.45, 2.75) is 26.8 Å². The Morgan fingerprint density at radius 3 is 2.29 bits per heavy atom. The molecule has 4 aromatic rings. The molecule has 3 heteroatoms. The second-order valence-corrected chi connectivity index (χ2v) is 7.40. The molecule has 2 N–H and O–H groups in total. The Labute approximate surface area is 166 Å². The van der Waals surface area contributed by atoms with Crippen molar-refractivity contribution < 1.29 is 4.74 Å². The molecule has 3 aromatic carbocycles. The van der Waals surface area contributed by atoms with Crippen LogP contribution in [-0.2, 0) is 0 Å². The van der Waals surface area contributed by atoms with Gasteiger partial charge in [0.15, 0.2) is 0 Å². The predicted octanol–water partition coefficient (Wildman–Crippen LogP) is 6.30. The SMILES string of the molecule is COc1ccccc1[C@@H](Nc1cc(C)cc(C)c1)c1c(C)[nH]c2ccccc12. The molecule has 4 rings (SSSR count). The average Bonchev–Trinajstić information content (AvgIpc) is 3.01. The van der Waals surface area contributed by atoms with E-state index in [1.807, 2.05) is 12.1 Å². The van der Waals surface area contributed by atoms with Crippen molar-refractivity contribution in [2.24, 2.45) is 0 Å². The quantitative estimate of drug-likeness (QED) is 0.432. The van der Waals surface area contributed by atoms with Gasteiger partial charge in [0, 0.05) is 33.4 Å². The molecule has 1 atom stereocenters. The maximum absolute atomic E-state index is 5.71. The van der Waals surface area contributed by atoms with Crippen LogP contribution in [0.1, 0.15) is 34.0 Å². The van der Waals surface area contributed by atoms with Crippen LogP contribution in [0.25, 0.3) is 10.9 Å². The van der Waals surface area contributed by atoms with Gasteiger partial charge in [-0.2, -0.15) is 0 Å². The fraction of sp³-hybridized carbons (Fsp3) is 0.200. The minimum atomic E-state index is -0.0338. The summed E-state index contributed by atoms with van der Waals surface area (Å²) in [5.41, 5.74) is 8.29. The third-order valence-electron chi connectivity index (χ3n) is 5.21. The first-order valence-corrected chi connectivity index (χ1v) is 9.62. The molecule has 1 heterocycles. The minimum absolute atomic E-state index is 0.0338. The molecule has 0 aliphatic rings. The first-order valence-electron chi connectivity index (χ1n) is 9.62. The predicted molar refractivity (Wildman–Crippen MR) is 117 cm³/mol. The minimum Gasteiger partial charge on any atom is -0.496 e. The number of para-hydroxylation sites is 2. The van der Waals surface area contributed by atoms with Crippen molar-refractivity contribution in [3.63, 3.8) is 0 Å². The molecule has 28 heavy (non-hydrogen) atoms. The van der Waals surface area contributed by atoms with E-state index in [2.05, 4.69) is 85.7 Å². The highest BCUT2D eigenvalue weighted by atomic mass is 16.5. The molecule has 142 valence electrons. The molecular weight excluding hydrogens is 344 g/mol. The van der Waals surface area contributed by atoms with Crippen LogP contribution in [0.4, 0.5) is 5.69 Å². The molecular formula is C25H26N2O. The van der Waals surface area contributed by atoms with E-state index in [1.54, 1.807) is 7.11 Å². The summed E-state index contributed by atoms with van der Waals surface area (Å²) in [7, 11) is 1.73. The zero-order valence-electron chi connectivity index (χ0n) is 16.8. The average molecular weight is 370 g/mol. The Bertz CT molecular complexity index is 1110. The van der Waals surface area contributed by atoms with E-state index in [4.69, 9.17) is 4.74 Å². The lowest BCUT2D eigenvalue weighted by Gasteiger charge is -2.24.